The maximum atomic E-state index is 13.3. The highest BCUT2D eigenvalue weighted by Crippen LogP contribution is 2.50. The molecule has 3 aliphatic rings. The van der Waals surface area contributed by atoms with Crippen LogP contribution in [0.3, 0.4) is 0 Å². The Morgan fingerprint density at radius 1 is 1.13 bits per heavy atom. The molecule has 0 N–H and O–H groups in total. The second-order valence-corrected chi connectivity index (χ2v) is 9.35. The first kappa shape index (κ1) is 18.2. The Morgan fingerprint density at radius 2 is 1.97 bits per heavy atom. The van der Waals surface area contributed by atoms with Gasteiger partial charge in [0.15, 0.2) is 0 Å². The molecule has 1 amide bonds. The van der Waals surface area contributed by atoms with E-state index in [4.69, 9.17) is 11.6 Å². The van der Waals surface area contributed by atoms with Gasteiger partial charge in [-0.05, 0) is 54.9 Å². The van der Waals surface area contributed by atoms with Gasteiger partial charge in [-0.1, -0.05) is 48.0 Å². The van der Waals surface area contributed by atoms with Gasteiger partial charge in [-0.25, -0.2) is 4.98 Å². The van der Waals surface area contributed by atoms with Crippen LogP contribution in [0.4, 0.5) is 0 Å². The number of nitrogens with zero attached hydrogens (tertiary/aromatic N) is 3. The van der Waals surface area contributed by atoms with Crippen molar-refractivity contribution < 1.29 is 4.79 Å². The Labute approximate surface area is 181 Å². The Balaban J connectivity index is 1.42. The monoisotopic (exact) mass is 417 g/mol. The number of likely N-dealkylation sites (tertiary alicyclic amines) is 1. The molecule has 5 heteroatoms. The maximum absolute atomic E-state index is 13.3. The van der Waals surface area contributed by atoms with Crippen LogP contribution in [0, 0.1) is 5.92 Å². The van der Waals surface area contributed by atoms with Crippen molar-refractivity contribution in [1.82, 2.24) is 14.5 Å². The summed E-state index contributed by atoms with van der Waals surface area (Å²) in [6, 6.07) is 17.0. The molecular formula is C25H24ClN3O. The number of carbonyl (C=O) groups is 1. The average molecular weight is 418 g/mol. The van der Waals surface area contributed by atoms with E-state index in [0.717, 1.165) is 34.4 Å². The van der Waals surface area contributed by atoms with Crippen LogP contribution in [0.15, 0.2) is 60.9 Å². The minimum absolute atomic E-state index is 0.293. The van der Waals surface area contributed by atoms with Crippen molar-refractivity contribution in [3.05, 3.63) is 77.1 Å². The van der Waals surface area contributed by atoms with Gasteiger partial charge < -0.3 is 9.47 Å². The molecule has 0 radical (unpaired) electrons. The number of fused-ring (bicyclic) bond motifs is 5. The van der Waals surface area contributed by atoms with Gasteiger partial charge in [-0.15, -0.1) is 0 Å². The molecule has 30 heavy (non-hydrogen) atoms. The van der Waals surface area contributed by atoms with E-state index in [0.29, 0.717) is 24.8 Å². The maximum Gasteiger partial charge on any atom is 0.222 e. The van der Waals surface area contributed by atoms with E-state index in [1.54, 1.807) is 0 Å². The molecule has 3 heterocycles. The van der Waals surface area contributed by atoms with Crippen molar-refractivity contribution in [2.24, 2.45) is 5.92 Å². The Morgan fingerprint density at radius 3 is 2.73 bits per heavy atom. The summed E-state index contributed by atoms with van der Waals surface area (Å²) in [6.07, 6.45) is 8.80. The number of rotatable bonds is 4. The lowest BCUT2D eigenvalue weighted by Crippen LogP contribution is -2.40. The van der Waals surface area contributed by atoms with Crippen LogP contribution in [0.25, 0.3) is 11.4 Å². The fourth-order valence-electron chi connectivity index (χ4n) is 6.06. The van der Waals surface area contributed by atoms with Crippen molar-refractivity contribution in [3.63, 3.8) is 0 Å². The molecule has 4 nitrogen and oxygen atoms in total. The van der Waals surface area contributed by atoms with Crippen LogP contribution in [0.2, 0.25) is 5.02 Å². The third-order valence-electron chi connectivity index (χ3n) is 7.42. The number of halogens is 1. The molecular weight excluding hydrogens is 394 g/mol. The molecule has 3 unspecified atom stereocenters. The molecule has 2 fully saturated rings. The molecule has 1 saturated heterocycles. The van der Waals surface area contributed by atoms with E-state index in [2.05, 4.69) is 50.8 Å². The summed E-state index contributed by atoms with van der Waals surface area (Å²) in [4.78, 5) is 20.1. The Bertz CT molecular complexity index is 1120. The second-order valence-electron chi connectivity index (χ2n) is 8.91. The van der Waals surface area contributed by atoms with E-state index in [1.807, 2.05) is 24.5 Å². The summed E-state index contributed by atoms with van der Waals surface area (Å²) in [5.41, 5.74) is 3.06. The predicted octanol–water partition coefficient (Wildman–Crippen LogP) is 5.10. The molecule has 2 aromatic carbocycles. The quantitative estimate of drug-likeness (QED) is 0.592. The van der Waals surface area contributed by atoms with E-state index < -0.39 is 5.54 Å². The summed E-state index contributed by atoms with van der Waals surface area (Å²) < 4.78 is 2.25. The highest BCUT2D eigenvalue weighted by atomic mass is 35.5. The van der Waals surface area contributed by atoms with E-state index in [9.17, 15) is 4.79 Å². The van der Waals surface area contributed by atoms with Crippen LogP contribution in [-0.4, -0.2) is 32.9 Å². The van der Waals surface area contributed by atoms with Gasteiger partial charge in [0.05, 0.1) is 5.54 Å². The lowest BCUT2D eigenvalue weighted by atomic mass is 9.79. The number of amides is 1. The third kappa shape index (κ3) is 2.53. The van der Waals surface area contributed by atoms with Gasteiger partial charge in [-0.3, -0.25) is 4.79 Å². The van der Waals surface area contributed by atoms with Gasteiger partial charge in [0.2, 0.25) is 5.91 Å². The molecule has 2 bridgehead atoms. The normalized spacial score (nSPS) is 26.1. The third-order valence-corrected chi connectivity index (χ3v) is 7.67. The standard InChI is InChI=1S/C25H24ClN3O/c26-19-8-6-18(7-9-19)25(12-11-23(30)28-16-17-5-10-20(28)15-17)22-4-2-1-3-21(22)24-27-13-14-29(24)25/h1-4,6-9,13-14,17,20H,5,10-12,15-16H2. The van der Waals surface area contributed by atoms with Gasteiger partial charge in [-0.2, -0.15) is 0 Å². The number of carbonyl (C=O) groups excluding carboxylic acids is 1. The average Bonchev–Trinajstić information content (AvgIpc) is 3.55. The molecule has 1 saturated carbocycles. The van der Waals surface area contributed by atoms with Crippen LogP contribution in [0.1, 0.15) is 43.2 Å². The minimum Gasteiger partial charge on any atom is -0.339 e. The summed E-state index contributed by atoms with van der Waals surface area (Å²) in [6.45, 7) is 0.949. The molecule has 0 spiro atoms. The number of imidazole rings is 1. The zero-order chi connectivity index (χ0) is 20.3. The first-order chi connectivity index (χ1) is 14.7. The number of piperidine rings is 1. The summed E-state index contributed by atoms with van der Waals surface area (Å²) in [7, 11) is 0. The molecule has 1 aromatic heterocycles. The lowest BCUT2D eigenvalue weighted by molar-refractivity contribution is -0.133. The molecule has 1 aliphatic carbocycles. The highest BCUT2D eigenvalue weighted by Gasteiger charge is 2.46. The van der Waals surface area contributed by atoms with Crippen LogP contribution < -0.4 is 0 Å². The fraction of sp³-hybridized carbons (Fsp3) is 0.360. The minimum atomic E-state index is -0.443. The number of hydrogen-bond acceptors (Lipinski definition) is 2. The molecule has 6 rings (SSSR count). The highest BCUT2D eigenvalue weighted by molar-refractivity contribution is 6.30. The molecule has 3 aromatic rings. The largest absolute Gasteiger partial charge is 0.339 e. The van der Waals surface area contributed by atoms with Crippen LogP contribution in [-0.2, 0) is 10.3 Å². The van der Waals surface area contributed by atoms with Gasteiger partial charge in [0.25, 0.3) is 0 Å². The van der Waals surface area contributed by atoms with Gasteiger partial charge in [0, 0.05) is 42.0 Å². The van der Waals surface area contributed by atoms with E-state index in [-0.39, 0.29) is 0 Å². The van der Waals surface area contributed by atoms with Crippen molar-refractivity contribution in [1.29, 1.82) is 0 Å². The first-order valence-electron chi connectivity index (χ1n) is 10.9. The number of benzene rings is 2. The summed E-state index contributed by atoms with van der Waals surface area (Å²) in [5, 5.41) is 0.718. The Kier molecular flexibility index (Phi) is 4.07. The molecule has 2 aliphatic heterocycles. The summed E-state index contributed by atoms with van der Waals surface area (Å²) >= 11 is 6.21. The van der Waals surface area contributed by atoms with Crippen LogP contribution >= 0.6 is 11.6 Å². The molecule has 152 valence electrons. The molecule has 3 atom stereocenters. The van der Waals surface area contributed by atoms with Gasteiger partial charge >= 0.3 is 0 Å². The zero-order valence-corrected chi connectivity index (χ0v) is 17.6. The van der Waals surface area contributed by atoms with Crippen molar-refractivity contribution in [2.45, 2.75) is 43.7 Å². The van der Waals surface area contributed by atoms with E-state index in [1.165, 1.54) is 24.8 Å². The van der Waals surface area contributed by atoms with Crippen molar-refractivity contribution in [2.75, 3.05) is 6.54 Å². The second kappa shape index (κ2) is 6.71. The number of hydrogen-bond donors (Lipinski definition) is 0. The topological polar surface area (TPSA) is 38.1 Å². The first-order valence-corrected chi connectivity index (χ1v) is 11.2. The zero-order valence-electron chi connectivity index (χ0n) is 16.8. The lowest BCUT2D eigenvalue weighted by Gasteiger charge is -2.35. The smallest absolute Gasteiger partial charge is 0.222 e. The predicted molar refractivity (Wildman–Crippen MR) is 117 cm³/mol. The Hall–Kier alpha value is -2.59. The van der Waals surface area contributed by atoms with Crippen molar-refractivity contribution >= 4 is 17.5 Å². The fourth-order valence-corrected chi connectivity index (χ4v) is 6.19. The summed E-state index contributed by atoms with van der Waals surface area (Å²) in [5.74, 6) is 1.98. The SMILES string of the molecule is O=C(CCC1(c2ccc(Cl)cc2)c2ccccc2-c2nccn21)N1CC2CCC1C2. The number of aromatic nitrogens is 2. The van der Waals surface area contributed by atoms with Gasteiger partial charge in [0.1, 0.15) is 5.82 Å². The van der Waals surface area contributed by atoms with E-state index >= 15 is 0 Å². The van der Waals surface area contributed by atoms with Crippen LogP contribution in [0.5, 0.6) is 0 Å². The van der Waals surface area contributed by atoms with Crippen molar-refractivity contribution in [3.8, 4) is 11.4 Å².